The second kappa shape index (κ2) is 5.98. The van der Waals surface area contributed by atoms with Gasteiger partial charge in [0, 0.05) is 21.6 Å². The van der Waals surface area contributed by atoms with Crippen molar-refractivity contribution < 1.29 is 0 Å². The van der Waals surface area contributed by atoms with E-state index in [0.29, 0.717) is 5.41 Å². The Morgan fingerprint density at radius 3 is 2.40 bits per heavy atom. The van der Waals surface area contributed by atoms with Gasteiger partial charge < -0.3 is 5.32 Å². The maximum Gasteiger partial charge on any atom is 0.0449 e. The Bertz CT molecular complexity index is 476. The maximum atomic E-state index is 6.40. The summed E-state index contributed by atoms with van der Waals surface area (Å²) in [5, 5.41) is 4.56. The Hall–Kier alpha value is -0.0500. The van der Waals surface area contributed by atoms with E-state index in [1.165, 1.54) is 18.4 Å². The molecule has 1 aliphatic rings. The van der Waals surface area contributed by atoms with Gasteiger partial charge in [-0.3, -0.25) is 0 Å². The molecular weight excluding hydrogens is 334 g/mol. The first-order valence-electron chi connectivity index (χ1n) is 7.39. The van der Waals surface area contributed by atoms with Gasteiger partial charge in [0.1, 0.15) is 0 Å². The monoisotopic (exact) mass is 357 g/mol. The molecule has 0 aliphatic heterocycles. The molecule has 0 saturated heterocycles. The fourth-order valence-corrected chi connectivity index (χ4v) is 3.44. The van der Waals surface area contributed by atoms with E-state index >= 15 is 0 Å². The van der Waals surface area contributed by atoms with Crippen LogP contribution in [0.1, 0.15) is 46.1 Å². The highest BCUT2D eigenvalue weighted by Crippen LogP contribution is 2.48. The minimum Gasteiger partial charge on any atom is -0.312 e. The van der Waals surface area contributed by atoms with Crippen LogP contribution in [0.5, 0.6) is 0 Å². The minimum atomic E-state index is 0.166. The third-order valence-electron chi connectivity index (χ3n) is 4.19. The lowest BCUT2D eigenvalue weighted by Crippen LogP contribution is -2.44. The summed E-state index contributed by atoms with van der Waals surface area (Å²) in [7, 11) is 0. The van der Waals surface area contributed by atoms with Crippen LogP contribution in [0.2, 0.25) is 5.02 Å². The van der Waals surface area contributed by atoms with E-state index in [4.69, 9.17) is 11.6 Å². The van der Waals surface area contributed by atoms with Crippen LogP contribution >= 0.6 is 27.5 Å². The molecule has 1 unspecified atom stereocenters. The fourth-order valence-electron chi connectivity index (χ4n) is 2.70. The summed E-state index contributed by atoms with van der Waals surface area (Å²) in [4.78, 5) is 0. The van der Waals surface area contributed by atoms with Gasteiger partial charge in [0.25, 0.3) is 0 Å². The molecule has 1 fully saturated rings. The Morgan fingerprint density at radius 2 is 1.90 bits per heavy atom. The van der Waals surface area contributed by atoms with Gasteiger partial charge >= 0.3 is 0 Å². The third kappa shape index (κ3) is 4.47. The van der Waals surface area contributed by atoms with Gasteiger partial charge in [0.2, 0.25) is 0 Å². The van der Waals surface area contributed by atoms with Crippen molar-refractivity contribution in [1.29, 1.82) is 0 Å². The normalized spacial score (nSPS) is 18.9. The minimum absolute atomic E-state index is 0.166. The molecule has 1 aromatic carbocycles. The summed E-state index contributed by atoms with van der Waals surface area (Å²) in [6.07, 6.45) is 3.76. The Morgan fingerprint density at radius 1 is 1.25 bits per heavy atom. The van der Waals surface area contributed by atoms with Crippen LogP contribution in [0.15, 0.2) is 22.7 Å². The van der Waals surface area contributed by atoms with E-state index in [-0.39, 0.29) is 5.54 Å². The summed E-state index contributed by atoms with van der Waals surface area (Å²) in [5.74, 6) is 0.831. The van der Waals surface area contributed by atoms with E-state index in [1.807, 2.05) is 6.07 Å². The van der Waals surface area contributed by atoms with Crippen molar-refractivity contribution in [1.82, 2.24) is 5.32 Å². The predicted octanol–water partition coefficient (Wildman–Crippen LogP) is 5.45. The number of hydrogen-bond donors (Lipinski definition) is 1. The zero-order valence-corrected chi connectivity index (χ0v) is 15.2. The molecule has 1 nitrogen and oxygen atoms in total. The largest absolute Gasteiger partial charge is 0.312 e. The average Bonchev–Trinajstić information content (AvgIpc) is 3.14. The molecular formula is C17H25BrClN. The van der Waals surface area contributed by atoms with Gasteiger partial charge in [-0.2, -0.15) is 0 Å². The smallest absolute Gasteiger partial charge is 0.0449 e. The van der Waals surface area contributed by atoms with Gasteiger partial charge in [0.15, 0.2) is 0 Å². The Balaban J connectivity index is 2.12. The zero-order chi connectivity index (χ0) is 15.0. The van der Waals surface area contributed by atoms with Crippen molar-refractivity contribution in [3.63, 3.8) is 0 Å². The predicted molar refractivity (Wildman–Crippen MR) is 91.4 cm³/mol. The molecule has 3 heteroatoms. The highest BCUT2D eigenvalue weighted by atomic mass is 79.9. The van der Waals surface area contributed by atoms with E-state index in [1.54, 1.807) is 0 Å². The summed E-state index contributed by atoms with van der Waals surface area (Å²) >= 11 is 9.88. The molecule has 2 rings (SSSR count). The van der Waals surface area contributed by atoms with Crippen LogP contribution in [0.4, 0.5) is 0 Å². The zero-order valence-electron chi connectivity index (χ0n) is 12.9. The lowest BCUT2D eigenvalue weighted by molar-refractivity contribution is 0.228. The van der Waals surface area contributed by atoms with Crippen molar-refractivity contribution in [3.8, 4) is 0 Å². The van der Waals surface area contributed by atoms with Crippen molar-refractivity contribution in [2.45, 2.75) is 52.5 Å². The molecule has 112 valence electrons. The second-order valence-corrected chi connectivity index (χ2v) is 8.77. The standard InChI is InChI=1S/C17H25BrClN/c1-16(2,3)20-11-17(4,13-6-7-13)10-12-5-8-14(18)9-15(12)19/h5,8-9,13,20H,6-7,10-11H2,1-4H3. The van der Waals surface area contributed by atoms with Crippen LogP contribution < -0.4 is 5.32 Å². The highest BCUT2D eigenvalue weighted by molar-refractivity contribution is 9.10. The van der Waals surface area contributed by atoms with Crippen molar-refractivity contribution in [3.05, 3.63) is 33.3 Å². The lowest BCUT2D eigenvalue weighted by atomic mass is 9.78. The van der Waals surface area contributed by atoms with Gasteiger partial charge in [-0.15, -0.1) is 0 Å². The quantitative estimate of drug-likeness (QED) is 0.738. The molecule has 20 heavy (non-hydrogen) atoms. The second-order valence-electron chi connectivity index (χ2n) is 7.44. The van der Waals surface area contributed by atoms with Crippen LogP contribution in [-0.2, 0) is 6.42 Å². The first kappa shape index (κ1) is 16.3. The molecule has 0 spiro atoms. The molecule has 0 aromatic heterocycles. The molecule has 0 amide bonds. The van der Waals surface area contributed by atoms with Gasteiger partial charge in [-0.1, -0.05) is 40.5 Å². The number of hydrogen-bond acceptors (Lipinski definition) is 1. The van der Waals surface area contributed by atoms with Crippen LogP contribution in [-0.4, -0.2) is 12.1 Å². The average molecular weight is 359 g/mol. The van der Waals surface area contributed by atoms with E-state index < -0.39 is 0 Å². The van der Waals surface area contributed by atoms with Crippen molar-refractivity contribution in [2.24, 2.45) is 11.3 Å². The molecule has 1 aromatic rings. The maximum absolute atomic E-state index is 6.40. The number of benzene rings is 1. The van der Waals surface area contributed by atoms with Crippen LogP contribution in [0.25, 0.3) is 0 Å². The van der Waals surface area contributed by atoms with Crippen LogP contribution in [0, 0.1) is 11.3 Å². The molecule has 1 saturated carbocycles. The topological polar surface area (TPSA) is 12.0 Å². The van der Waals surface area contributed by atoms with Gasteiger partial charge in [-0.25, -0.2) is 0 Å². The summed E-state index contributed by atoms with van der Waals surface area (Å²) < 4.78 is 1.05. The van der Waals surface area contributed by atoms with Gasteiger partial charge in [-0.05, 0) is 69.1 Å². The first-order chi connectivity index (χ1) is 9.20. The summed E-state index contributed by atoms with van der Waals surface area (Å²) in [6, 6.07) is 6.25. The number of halogens is 2. The fraction of sp³-hybridized carbons (Fsp3) is 0.647. The SMILES string of the molecule is CC(C)(C)NCC(C)(Cc1ccc(Br)cc1Cl)C1CC1. The molecule has 1 aliphatic carbocycles. The third-order valence-corrected chi connectivity index (χ3v) is 5.04. The number of nitrogens with one attached hydrogen (secondary N) is 1. The summed E-state index contributed by atoms with van der Waals surface area (Å²) in [5.41, 5.74) is 1.73. The molecule has 0 heterocycles. The molecule has 0 bridgehead atoms. The molecule has 1 atom stereocenters. The van der Waals surface area contributed by atoms with E-state index in [9.17, 15) is 0 Å². The van der Waals surface area contributed by atoms with E-state index in [0.717, 1.165) is 28.4 Å². The Kier molecular flexibility index (Phi) is 4.88. The highest BCUT2D eigenvalue weighted by Gasteiger charge is 2.41. The molecule has 1 N–H and O–H groups in total. The number of rotatable bonds is 5. The first-order valence-corrected chi connectivity index (χ1v) is 8.56. The summed E-state index contributed by atoms with van der Waals surface area (Å²) in [6.45, 7) is 10.1. The molecule has 0 radical (unpaired) electrons. The Labute approximate surface area is 136 Å². The van der Waals surface area contributed by atoms with Gasteiger partial charge in [0.05, 0.1) is 0 Å². The van der Waals surface area contributed by atoms with E-state index in [2.05, 4.69) is 61.1 Å². The van der Waals surface area contributed by atoms with Crippen molar-refractivity contribution in [2.75, 3.05) is 6.54 Å². The van der Waals surface area contributed by atoms with Crippen molar-refractivity contribution >= 4 is 27.5 Å². The van der Waals surface area contributed by atoms with Crippen LogP contribution in [0.3, 0.4) is 0 Å². The lowest BCUT2D eigenvalue weighted by Gasteiger charge is -2.34.